The highest BCUT2D eigenvalue weighted by Gasteiger charge is 2.40. The number of ether oxygens (including phenoxy) is 2. The van der Waals surface area contributed by atoms with Gasteiger partial charge in [0.25, 0.3) is 11.8 Å². The van der Waals surface area contributed by atoms with Gasteiger partial charge in [-0.05, 0) is 18.2 Å². The second-order valence-corrected chi connectivity index (χ2v) is 5.41. The molecule has 0 aliphatic carbocycles. The quantitative estimate of drug-likeness (QED) is 0.800. The van der Waals surface area contributed by atoms with Crippen molar-refractivity contribution in [2.24, 2.45) is 0 Å². The molecular formula is C18H14ClNO4. The highest BCUT2D eigenvalue weighted by molar-refractivity contribution is 6.60. The van der Waals surface area contributed by atoms with Crippen molar-refractivity contribution in [1.29, 1.82) is 0 Å². The lowest BCUT2D eigenvalue weighted by Crippen LogP contribution is -2.31. The number of halogens is 1. The smallest absolute Gasteiger partial charge is 0.277 e. The first-order chi connectivity index (χ1) is 11.6. The van der Waals surface area contributed by atoms with Crippen molar-refractivity contribution in [1.82, 2.24) is 0 Å². The topological polar surface area (TPSA) is 55.8 Å². The molecular weight excluding hydrogens is 330 g/mol. The van der Waals surface area contributed by atoms with Gasteiger partial charge in [0.05, 0.1) is 25.5 Å². The number of hydrogen-bond acceptors (Lipinski definition) is 4. The number of hydrogen-bond donors (Lipinski definition) is 0. The number of anilines is 1. The molecule has 0 atom stereocenters. The lowest BCUT2D eigenvalue weighted by molar-refractivity contribution is -0.119. The molecule has 0 saturated carbocycles. The van der Waals surface area contributed by atoms with Crippen LogP contribution in [0.15, 0.2) is 53.6 Å². The van der Waals surface area contributed by atoms with E-state index in [0.717, 1.165) is 4.90 Å². The highest BCUT2D eigenvalue weighted by Crippen LogP contribution is 2.38. The molecule has 0 radical (unpaired) electrons. The van der Waals surface area contributed by atoms with Crippen LogP contribution in [0.1, 0.15) is 5.56 Å². The predicted octanol–water partition coefficient (Wildman–Crippen LogP) is 3.23. The average molecular weight is 344 g/mol. The second kappa shape index (κ2) is 6.37. The Hall–Kier alpha value is -2.79. The van der Waals surface area contributed by atoms with Gasteiger partial charge in [-0.1, -0.05) is 35.9 Å². The van der Waals surface area contributed by atoms with E-state index in [4.69, 9.17) is 21.1 Å². The molecule has 24 heavy (non-hydrogen) atoms. The summed E-state index contributed by atoms with van der Waals surface area (Å²) in [5.74, 6) is -0.0622. The van der Waals surface area contributed by atoms with Crippen LogP contribution in [0.4, 0.5) is 5.69 Å². The van der Waals surface area contributed by atoms with Crippen LogP contribution in [0, 0.1) is 0 Å². The van der Waals surface area contributed by atoms with E-state index in [0.29, 0.717) is 22.7 Å². The van der Waals surface area contributed by atoms with E-state index >= 15 is 0 Å². The van der Waals surface area contributed by atoms with Gasteiger partial charge in [-0.3, -0.25) is 9.59 Å². The molecule has 1 heterocycles. The Kier molecular flexibility index (Phi) is 4.27. The molecule has 6 heteroatoms. The van der Waals surface area contributed by atoms with Gasteiger partial charge in [-0.15, -0.1) is 0 Å². The van der Waals surface area contributed by atoms with Gasteiger partial charge >= 0.3 is 0 Å². The summed E-state index contributed by atoms with van der Waals surface area (Å²) in [6, 6.07) is 13.6. The number of rotatable bonds is 4. The van der Waals surface area contributed by atoms with Gasteiger partial charge in [0, 0.05) is 11.6 Å². The maximum atomic E-state index is 12.9. The Morgan fingerprint density at radius 2 is 1.67 bits per heavy atom. The molecule has 2 aromatic carbocycles. The molecule has 0 aromatic heterocycles. The zero-order valence-corrected chi connectivity index (χ0v) is 13.8. The Morgan fingerprint density at radius 3 is 2.38 bits per heavy atom. The number of amides is 2. The molecule has 0 bridgehead atoms. The fourth-order valence-electron chi connectivity index (χ4n) is 2.57. The first-order valence-corrected chi connectivity index (χ1v) is 7.52. The van der Waals surface area contributed by atoms with Gasteiger partial charge in [0.15, 0.2) is 0 Å². The lowest BCUT2D eigenvalue weighted by Gasteiger charge is -2.16. The van der Waals surface area contributed by atoms with E-state index in [-0.39, 0.29) is 10.6 Å². The average Bonchev–Trinajstić information content (AvgIpc) is 2.84. The van der Waals surface area contributed by atoms with Crippen molar-refractivity contribution in [2.45, 2.75) is 0 Å². The van der Waals surface area contributed by atoms with Gasteiger partial charge in [-0.25, -0.2) is 4.90 Å². The standard InChI is InChI=1S/C18H14ClNO4/c1-23-12-7-5-6-11(10-12)20-17(21)15(16(19)18(20)22)13-8-3-4-9-14(13)24-2/h3-10H,1-2H3. The minimum absolute atomic E-state index is 0.127. The number of methoxy groups -OCH3 is 2. The van der Waals surface area contributed by atoms with Crippen molar-refractivity contribution in [3.8, 4) is 11.5 Å². The van der Waals surface area contributed by atoms with E-state index in [1.54, 1.807) is 48.5 Å². The molecule has 3 rings (SSSR count). The van der Waals surface area contributed by atoms with Crippen molar-refractivity contribution in [3.05, 3.63) is 59.1 Å². The first-order valence-electron chi connectivity index (χ1n) is 7.14. The van der Waals surface area contributed by atoms with Gasteiger partial charge in [-0.2, -0.15) is 0 Å². The summed E-state index contributed by atoms with van der Waals surface area (Å²) in [7, 11) is 3.01. The molecule has 0 fully saturated rings. The van der Waals surface area contributed by atoms with Gasteiger partial charge in [0.1, 0.15) is 16.5 Å². The Balaban J connectivity index is 2.08. The summed E-state index contributed by atoms with van der Waals surface area (Å²) in [5.41, 5.74) is 1.00. The number of para-hydroxylation sites is 1. The SMILES string of the molecule is COc1cccc(N2C(=O)C(Cl)=C(c3ccccc3OC)C2=O)c1. The molecule has 2 aromatic rings. The first kappa shape index (κ1) is 16.1. The second-order valence-electron chi connectivity index (χ2n) is 5.04. The number of imide groups is 1. The van der Waals surface area contributed by atoms with Crippen molar-refractivity contribution in [3.63, 3.8) is 0 Å². The fourth-order valence-corrected chi connectivity index (χ4v) is 2.84. The van der Waals surface area contributed by atoms with Crippen molar-refractivity contribution in [2.75, 3.05) is 19.1 Å². The van der Waals surface area contributed by atoms with Crippen molar-refractivity contribution >= 4 is 34.7 Å². The Bertz CT molecular complexity index is 860. The summed E-state index contributed by atoms with van der Waals surface area (Å²) in [5, 5.41) is -0.132. The van der Waals surface area contributed by atoms with E-state index < -0.39 is 11.8 Å². The summed E-state index contributed by atoms with van der Waals surface area (Å²) in [6.45, 7) is 0. The molecule has 1 aliphatic heterocycles. The van der Waals surface area contributed by atoms with Crippen LogP contribution in [0.2, 0.25) is 0 Å². The Labute approximate surface area is 144 Å². The number of nitrogens with zero attached hydrogens (tertiary/aromatic N) is 1. The third-order valence-electron chi connectivity index (χ3n) is 3.72. The highest BCUT2D eigenvalue weighted by atomic mass is 35.5. The largest absolute Gasteiger partial charge is 0.497 e. The monoisotopic (exact) mass is 343 g/mol. The fraction of sp³-hybridized carbons (Fsp3) is 0.111. The van der Waals surface area contributed by atoms with Crippen LogP contribution >= 0.6 is 11.6 Å². The molecule has 1 aliphatic rings. The zero-order valence-electron chi connectivity index (χ0n) is 13.1. The van der Waals surface area contributed by atoms with Crippen LogP contribution in [-0.4, -0.2) is 26.0 Å². The summed E-state index contributed by atoms with van der Waals surface area (Å²) in [4.78, 5) is 26.4. The molecule has 0 spiro atoms. The molecule has 0 saturated heterocycles. The maximum Gasteiger partial charge on any atom is 0.277 e. The van der Waals surface area contributed by atoms with Crippen LogP contribution < -0.4 is 14.4 Å². The zero-order chi connectivity index (χ0) is 17.3. The summed E-state index contributed by atoms with van der Waals surface area (Å²) < 4.78 is 10.4. The van der Waals surface area contributed by atoms with Crippen molar-refractivity contribution < 1.29 is 19.1 Å². The summed E-state index contributed by atoms with van der Waals surface area (Å²) in [6.07, 6.45) is 0. The summed E-state index contributed by atoms with van der Waals surface area (Å²) >= 11 is 6.19. The van der Waals surface area contributed by atoms with E-state index in [1.165, 1.54) is 14.2 Å². The van der Waals surface area contributed by atoms with Crippen LogP contribution in [-0.2, 0) is 9.59 Å². The minimum atomic E-state index is -0.573. The number of carbonyl (C=O) groups excluding carboxylic acids is 2. The maximum absolute atomic E-state index is 12.9. The third-order valence-corrected chi connectivity index (χ3v) is 4.07. The molecule has 0 unspecified atom stereocenters. The lowest BCUT2D eigenvalue weighted by atomic mass is 10.1. The van der Waals surface area contributed by atoms with Crippen LogP contribution in [0.25, 0.3) is 5.57 Å². The van der Waals surface area contributed by atoms with Gasteiger partial charge < -0.3 is 9.47 Å². The molecule has 0 N–H and O–H groups in total. The molecule has 5 nitrogen and oxygen atoms in total. The van der Waals surface area contributed by atoms with Crippen LogP contribution in [0.3, 0.4) is 0 Å². The number of carbonyl (C=O) groups is 2. The van der Waals surface area contributed by atoms with Crippen LogP contribution in [0.5, 0.6) is 11.5 Å². The normalized spacial score (nSPS) is 14.4. The third kappa shape index (κ3) is 2.53. The predicted molar refractivity (Wildman–Crippen MR) is 91.3 cm³/mol. The molecule has 2 amide bonds. The van der Waals surface area contributed by atoms with E-state index in [1.807, 2.05) is 0 Å². The minimum Gasteiger partial charge on any atom is -0.497 e. The Morgan fingerprint density at radius 1 is 0.917 bits per heavy atom. The number of benzene rings is 2. The van der Waals surface area contributed by atoms with Gasteiger partial charge in [0.2, 0.25) is 0 Å². The van der Waals surface area contributed by atoms with E-state index in [9.17, 15) is 9.59 Å². The van der Waals surface area contributed by atoms with E-state index in [2.05, 4.69) is 0 Å². The molecule has 122 valence electrons.